The van der Waals surface area contributed by atoms with Crippen LogP contribution in [0.3, 0.4) is 0 Å². The Kier molecular flexibility index (Phi) is 8.09. The molecule has 0 fully saturated rings. The highest BCUT2D eigenvalue weighted by Crippen LogP contribution is 2.44. The van der Waals surface area contributed by atoms with Gasteiger partial charge in [0, 0.05) is 28.0 Å². The topological polar surface area (TPSA) is 21.9 Å². The molecule has 0 N–H and O–H groups in total. The number of nitrogens with zero attached hydrogens (tertiary/aromatic N) is 2. The fourth-order valence-electron chi connectivity index (χ4n) is 7.69. The van der Waals surface area contributed by atoms with Crippen molar-refractivity contribution < 1.29 is 22.2 Å². The molecule has 0 unspecified atom stereocenters. The largest absolute Gasteiger partial charge is 0.455 e. The zero-order valence-corrected chi connectivity index (χ0v) is 30.1. The van der Waals surface area contributed by atoms with E-state index < -0.39 is 11.7 Å². The molecule has 0 amide bonds. The zero-order chi connectivity index (χ0) is 36.5. The number of hydrogen-bond donors (Lipinski definition) is 0. The molecular formula is C46H40F3N2O+. The summed E-state index contributed by atoms with van der Waals surface area (Å²) >= 11 is 0. The van der Waals surface area contributed by atoms with Crippen LogP contribution >= 0.6 is 0 Å². The molecule has 2 heterocycles. The normalized spacial score (nSPS) is 12.3. The first-order valence-electron chi connectivity index (χ1n) is 17.8. The van der Waals surface area contributed by atoms with E-state index in [4.69, 9.17) is 4.42 Å². The second-order valence-electron chi connectivity index (χ2n) is 14.4. The van der Waals surface area contributed by atoms with Crippen LogP contribution in [0.4, 0.5) is 13.2 Å². The number of aromatic nitrogens is 2. The van der Waals surface area contributed by atoms with Gasteiger partial charge in [0.25, 0.3) is 5.82 Å². The van der Waals surface area contributed by atoms with E-state index in [0.29, 0.717) is 16.6 Å². The van der Waals surface area contributed by atoms with E-state index in [1.807, 2.05) is 54.9 Å². The second kappa shape index (κ2) is 12.6. The number of aryl methyl sites for hydroxylation is 2. The Balaban J connectivity index is 1.51. The van der Waals surface area contributed by atoms with Crippen molar-refractivity contribution in [2.75, 3.05) is 0 Å². The molecule has 260 valence electrons. The number of imidazole rings is 1. The zero-order valence-electron chi connectivity index (χ0n) is 30.1. The van der Waals surface area contributed by atoms with Gasteiger partial charge in [-0.05, 0) is 83.0 Å². The fourth-order valence-corrected chi connectivity index (χ4v) is 7.69. The van der Waals surface area contributed by atoms with E-state index in [0.717, 1.165) is 72.4 Å². The molecule has 0 bridgehead atoms. The predicted octanol–water partition coefficient (Wildman–Crippen LogP) is 12.9. The smallest absolute Gasteiger partial charge is 0.416 e. The molecule has 0 aliphatic rings. The van der Waals surface area contributed by atoms with Crippen molar-refractivity contribution in [3.05, 3.63) is 144 Å². The monoisotopic (exact) mass is 693 g/mol. The van der Waals surface area contributed by atoms with Crippen LogP contribution < -0.4 is 4.57 Å². The summed E-state index contributed by atoms with van der Waals surface area (Å²) in [5.74, 6) is 0.894. The van der Waals surface area contributed by atoms with E-state index in [9.17, 15) is 13.2 Å². The molecule has 0 saturated heterocycles. The van der Waals surface area contributed by atoms with Crippen LogP contribution in [-0.2, 0) is 13.2 Å². The number of rotatable bonds is 6. The summed E-state index contributed by atoms with van der Waals surface area (Å²) in [6.45, 7) is 10.7. The van der Waals surface area contributed by atoms with Gasteiger partial charge in [-0.2, -0.15) is 17.7 Å². The van der Waals surface area contributed by atoms with Gasteiger partial charge >= 0.3 is 6.18 Å². The molecule has 0 aliphatic carbocycles. The Morgan fingerprint density at radius 3 is 1.83 bits per heavy atom. The van der Waals surface area contributed by atoms with Crippen molar-refractivity contribution in [1.82, 2.24) is 4.57 Å². The van der Waals surface area contributed by atoms with E-state index >= 15 is 0 Å². The molecule has 8 aromatic rings. The molecule has 0 radical (unpaired) electrons. The Bertz CT molecular complexity index is 2600. The molecule has 0 saturated carbocycles. The summed E-state index contributed by atoms with van der Waals surface area (Å²) in [5, 5.41) is 1.94. The van der Waals surface area contributed by atoms with Crippen LogP contribution in [0, 0.1) is 6.92 Å². The van der Waals surface area contributed by atoms with E-state index in [1.54, 1.807) is 6.07 Å². The maximum Gasteiger partial charge on any atom is 0.416 e. The predicted molar refractivity (Wildman–Crippen MR) is 206 cm³/mol. The molecule has 0 aliphatic heterocycles. The highest BCUT2D eigenvalue weighted by molar-refractivity contribution is 6.10. The van der Waals surface area contributed by atoms with Crippen molar-refractivity contribution in [3.63, 3.8) is 0 Å². The minimum atomic E-state index is -4.51. The number of alkyl halides is 3. The number of furan rings is 1. The van der Waals surface area contributed by atoms with Gasteiger partial charge in [0.2, 0.25) is 0 Å². The molecule has 3 nitrogen and oxygen atoms in total. The van der Waals surface area contributed by atoms with Crippen LogP contribution in [0.1, 0.15) is 61.8 Å². The summed E-state index contributed by atoms with van der Waals surface area (Å²) in [7, 11) is 1.94. The third-order valence-corrected chi connectivity index (χ3v) is 10.4. The standard InChI is InChI=1S/C46H40F3N2O/c1-27(2)37-23-33(31-15-11-8-12-16-31)24-38(28(3)4)43(37)51-40-26-34(46(47,48)49)19-22-39(40)50(6)45(51)42-29(5)17-20-36-35-21-18-32(25-41(35)52-44(36)42)30-13-9-7-10-14-30/h7-28H,1-6H3/q+1. The Morgan fingerprint density at radius 1 is 0.635 bits per heavy atom. The number of hydrogen-bond acceptors (Lipinski definition) is 1. The molecule has 6 aromatic carbocycles. The highest BCUT2D eigenvalue weighted by atomic mass is 19.4. The minimum Gasteiger partial charge on any atom is -0.455 e. The van der Waals surface area contributed by atoms with Gasteiger partial charge in [0.15, 0.2) is 16.6 Å². The molecule has 0 atom stereocenters. The third kappa shape index (κ3) is 5.49. The van der Waals surface area contributed by atoms with E-state index in [-0.39, 0.29) is 11.8 Å². The lowest BCUT2D eigenvalue weighted by molar-refractivity contribution is -0.633. The Labute approximate surface area is 301 Å². The van der Waals surface area contributed by atoms with Gasteiger partial charge in [0.1, 0.15) is 16.8 Å². The van der Waals surface area contributed by atoms with Gasteiger partial charge in [-0.25, -0.2) is 4.57 Å². The Hall–Kier alpha value is -5.62. The van der Waals surface area contributed by atoms with Crippen molar-refractivity contribution in [3.8, 4) is 39.3 Å². The number of halogens is 3. The second-order valence-corrected chi connectivity index (χ2v) is 14.4. The van der Waals surface area contributed by atoms with Crippen LogP contribution in [0.5, 0.6) is 0 Å². The van der Waals surface area contributed by atoms with Gasteiger partial charge < -0.3 is 4.42 Å². The number of benzene rings is 6. The maximum atomic E-state index is 14.5. The van der Waals surface area contributed by atoms with Crippen molar-refractivity contribution in [2.24, 2.45) is 7.05 Å². The van der Waals surface area contributed by atoms with Crippen LogP contribution in [0.2, 0.25) is 0 Å². The molecule has 0 spiro atoms. The molecular weight excluding hydrogens is 654 g/mol. The summed E-state index contributed by atoms with van der Waals surface area (Å²) in [6.07, 6.45) is -4.51. The van der Waals surface area contributed by atoms with Gasteiger partial charge in [0.05, 0.1) is 12.6 Å². The summed E-state index contributed by atoms with van der Waals surface area (Å²) in [5.41, 5.74) is 11.1. The van der Waals surface area contributed by atoms with Crippen molar-refractivity contribution in [2.45, 2.75) is 52.6 Å². The quantitative estimate of drug-likeness (QED) is 0.159. The summed E-state index contributed by atoms with van der Waals surface area (Å²) in [6, 6.07) is 39.4. The lowest BCUT2D eigenvalue weighted by Gasteiger charge is -2.21. The van der Waals surface area contributed by atoms with Gasteiger partial charge in [-0.15, -0.1) is 0 Å². The lowest BCUT2D eigenvalue weighted by atomic mass is 9.88. The average molecular weight is 694 g/mol. The summed E-state index contributed by atoms with van der Waals surface area (Å²) in [4.78, 5) is 0. The van der Waals surface area contributed by atoms with Crippen molar-refractivity contribution >= 4 is 33.0 Å². The van der Waals surface area contributed by atoms with Gasteiger partial charge in [-0.1, -0.05) is 107 Å². The Morgan fingerprint density at radius 2 is 1.23 bits per heavy atom. The van der Waals surface area contributed by atoms with Crippen molar-refractivity contribution in [1.29, 1.82) is 0 Å². The van der Waals surface area contributed by atoms with Crippen LogP contribution in [0.15, 0.2) is 126 Å². The van der Waals surface area contributed by atoms with Crippen LogP contribution in [-0.4, -0.2) is 4.57 Å². The average Bonchev–Trinajstić information content (AvgIpc) is 3.65. The SMILES string of the molecule is Cc1ccc2c(oc3cc(-c4ccccc4)ccc32)c1-c1n(-c2c(C(C)C)cc(-c3ccccc3)cc2C(C)C)c2cc(C(F)(F)F)ccc2[n+]1C. The fraction of sp³-hybridized carbons (Fsp3) is 0.196. The van der Waals surface area contributed by atoms with Gasteiger partial charge in [-0.3, -0.25) is 0 Å². The third-order valence-electron chi connectivity index (χ3n) is 10.4. The molecule has 6 heteroatoms. The molecule has 8 rings (SSSR count). The van der Waals surface area contributed by atoms with Crippen LogP contribution in [0.25, 0.3) is 72.3 Å². The van der Waals surface area contributed by atoms with E-state index in [1.165, 1.54) is 12.1 Å². The summed E-state index contributed by atoms with van der Waals surface area (Å²) < 4.78 is 54.3. The maximum absolute atomic E-state index is 14.5. The first-order valence-corrected chi connectivity index (χ1v) is 17.8. The van der Waals surface area contributed by atoms with E-state index in [2.05, 4.69) is 99.0 Å². The first kappa shape index (κ1) is 33.5. The molecule has 2 aromatic heterocycles. The highest BCUT2D eigenvalue weighted by Gasteiger charge is 2.37. The number of fused-ring (bicyclic) bond motifs is 4. The lowest BCUT2D eigenvalue weighted by Crippen LogP contribution is -2.30. The molecule has 52 heavy (non-hydrogen) atoms. The first-order chi connectivity index (χ1) is 24.9. The minimum absolute atomic E-state index is 0.0667.